The van der Waals surface area contributed by atoms with Gasteiger partial charge in [0.1, 0.15) is 0 Å². The van der Waals surface area contributed by atoms with Crippen LogP contribution in [-0.2, 0) is 0 Å². The van der Waals surface area contributed by atoms with Gasteiger partial charge >= 0.3 is 0 Å². The van der Waals surface area contributed by atoms with Crippen LogP contribution in [0.25, 0.3) is 0 Å². The highest BCUT2D eigenvalue weighted by Gasteiger charge is 2.26. The molecular formula is C16H26. The van der Waals surface area contributed by atoms with E-state index in [0.717, 1.165) is 17.8 Å². The predicted octanol–water partition coefficient (Wildman–Crippen LogP) is 5.35. The lowest BCUT2D eigenvalue weighted by molar-refractivity contribution is 0.389. The number of benzene rings is 1. The fraction of sp³-hybridized carbons (Fsp3) is 0.625. The summed E-state index contributed by atoms with van der Waals surface area (Å²) in [5.41, 5.74) is 3.15. The van der Waals surface area contributed by atoms with Gasteiger partial charge in [0, 0.05) is 0 Å². The minimum Gasteiger partial charge on any atom is -0.0656 e. The van der Waals surface area contributed by atoms with Gasteiger partial charge in [0.2, 0.25) is 0 Å². The van der Waals surface area contributed by atoms with Crippen molar-refractivity contribution in [3.63, 3.8) is 0 Å². The predicted molar refractivity (Wildman–Crippen MR) is 73.0 cm³/mol. The summed E-state index contributed by atoms with van der Waals surface area (Å²) >= 11 is 0. The Bertz CT molecular complexity index is 314. The molecule has 0 amide bonds. The largest absolute Gasteiger partial charge is 0.0656 e. The molecule has 3 unspecified atom stereocenters. The van der Waals surface area contributed by atoms with Crippen LogP contribution in [0.5, 0.6) is 0 Å². The van der Waals surface area contributed by atoms with E-state index >= 15 is 0 Å². The molecule has 3 atom stereocenters. The van der Waals surface area contributed by atoms with Gasteiger partial charge in [-0.15, -0.1) is 0 Å². The lowest BCUT2D eigenvalue weighted by Gasteiger charge is -2.32. The lowest BCUT2D eigenvalue weighted by Crippen LogP contribution is -2.18. The van der Waals surface area contributed by atoms with Crippen molar-refractivity contribution in [2.45, 2.75) is 59.3 Å². The van der Waals surface area contributed by atoms with Crippen molar-refractivity contribution in [2.24, 2.45) is 5.92 Å². The van der Waals surface area contributed by atoms with Gasteiger partial charge in [-0.25, -0.2) is 0 Å². The first-order valence-corrected chi connectivity index (χ1v) is 6.70. The van der Waals surface area contributed by atoms with Crippen molar-refractivity contribution in [3.05, 3.63) is 35.4 Å². The summed E-state index contributed by atoms with van der Waals surface area (Å²) < 4.78 is 0. The summed E-state index contributed by atoms with van der Waals surface area (Å²) in [7, 11) is 0. The maximum atomic E-state index is 2.37. The molecule has 16 heavy (non-hydrogen) atoms. The van der Waals surface area contributed by atoms with Gasteiger partial charge in [-0.3, -0.25) is 0 Å². The molecule has 0 fully saturated rings. The van der Waals surface area contributed by atoms with Crippen LogP contribution in [0.1, 0.15) is 70.4 Å². The molecule has 0 saturated carbocycles. The van der Waals surface area contributed by atoms with Crippen LogP contribution < -0.4 is 0 Å². The monoisotopic (exact) mass is 218 g/mol. The molecule has 0 saturated heterocycles. The molecule has 1 aromatic rings. The third kappa shape index (κ3) is 2.87. The first kappa shape index (κ1) is 13.3. The lowest BCUT2D eigenvalue weighted by atomic mass is 9.72. The maximum absolute atomic E-state index is 2.37. The highest BCUT2D eigenvalue weighted by Crippen LogP contribution is 2.41. The van der Waals surface area contributed by atoms with Crippen molar-refractivity contribution in [1.29, 1.82) is 0 Å². The summed E-state index contributed by atoms with van der Waals surface area (Å²) in [5.74, 6) is 2.33. The van der Waals surface area contributed by atoms with Crippen LogP contribution in [0.15, 0.2) is 24.3 Å². The van der Waals surface area contributed by atoms with Crippen LogP contribution in [0.3, 0.4) is 0 Å². The van der Waals surface area contributed by atoms with Crippen molar-refractivity contribution < 1.29 is 0 Å². The molecule has 2 rings (SSSR count). The van der Waals surface area contributed by atoms with Crippen LogP contribution in [0.2, 0.25) is 0 Å². The van der Waals surface area contributed by atoms with Gasteiger partial charge in [0.15, 0.2) is 0 Å². The summed E-state index contributed by atoms with van der Waals surface area (Å²) in [5, 5.41) is 0. The molecule has 0 radical (unpaired) electrons. The quantitative estimate of drug-likeness (QED) is 0.550. The normalized spacial score (nSPS) is 27.7. The molecule has 0 nitrogen and oxygen atoms in total. The molecule has 0 heterocycles. The molecule has 0 heteroatoms. The second-order valence-corrected chi connectivity index (χ2v) is 5.24. The number of hydrogen-bond acceptors (Lipinski definition) is 0. The average molecular weight is 218 g/mol. The van der Waals surface area contributed by atoms with E-state index in [-0.39, 0.29) is 0 Å². The first-order valence-electron chi connectivity index (χ1n) is 6.70. The Kier molecular flexibility index (Phi) is 5.05. The molecule has 0 aromatic heterocycles. The van der Waals surface area contributed by atoms with E-state index in [4.69, 9.17) is 0 Å². The van der Waals surface area contributed by atoms with Crippen LogP contribution in [0.4, 0.5) is 0 Å². The highest BCUT2D eigenvalue weighted by molar-refractivity contribution is 5.35. The summed E-state index contributed by atoms with van der Waals surface area (Å²) in [6.07, 6.45) is 2.60. The summed E-state index contributed by atoms with van der Waals surface area (Å²) in [6, 6.07) is 8.92. The SMILES string of the molecule is CC1CC(C)C(C)c2ccccc21.CCC. The van der Waals surface area contributed by atoms with Gasteiger partial charge in [0.05, 0.1) is 0 Å². The van der Waals surface area contributed by atoms with E-state index in [2.05, 4.69) is 58.9 Å². The first-order chi connectivity index (χ1) is 7.61. The zero-order valence-electron chi connectivity index (χ0n) is 11.5. The fourth-order valence-corrected chi connectivity index (χ4v) is 2.57. The Morgan fingerprint density at radius 2 is 1.50 bits per heavy atom. The van der Waals surface area contributed by atoms with Crippen LogP contribution in [0, 0.1) is 5.92 Å². The van der Waals surface area contributed by atoms with Gasteiger partial charge < -0.3 is 0 Å². The minimum absolute atomic E-state index is 0.743. The Hall–Kier alpha value is -0.780. The van der Waals surface area contributed by atoms with Crippen molar-refractivity contribution >= 4 is 0 Å². The van der Waals surface area contributed by atoms with E-state index in [1.807, 2.05) is 0 Å². The van der Waals surface area contributed by atoms with Crippen molar-refractivity contribution in [2.75, 3.05) is 0 Å². The third-order valence-electron chi connectivity index (χ3n) is 3.60. The van der Waals surface area contributed by atoms with Crippen LogP contribution in [-0.4, -0.2) is 0 Å². The second-order valence-electron chi connectivity index (χ2n) is 5.24. The van der Waals surface area contributed by atoms with Gasteiger partial charge in [-0.05, 0) is 35.3 Å². The molecule has 90 valence electrons. The Morgan fingerprint density at radius 3 is 2.06 bits per heavy atom. The zero-order chi connectivity index (χ0) is 12.1. The number of rotatable bonds is 0. The smallest absolute Gasteiger partial charge is 0.0162 e. The average Bonchev–Trinajstić information content (AvgIpc) is 2.27. The van der Waals surface area contributed by atoms with Crippen molar-refractivity contribution in [1.82, 2.24) is 0 Å². The highest BCUT2D eigenvalue weighted by atomic mass is 14.3. The number of fused-ring (bicyclic) bond motifs is 1. The minimum atomic E-state index is 0.743. The third-order valence-corrected chi connectivity index (χ3v) is 3.60. The molecule has 0 aliphatic heterocycles. The van der Waals surface area contributed by atoms with Gasteiger partial charge in [-0.2, -0.15) is 0 Å². The molecule has 1 aromatic carbocycles. The number of hydrogen-bond donors (Lipinski definition) is 0. The summed E-state index contributed by atoms with van der Waals surface area (Å²) in [6.45, 7) is 11.3. The van der Waals surface area contributed by atoms with E-state index in [0.29, 0.717) is 0 Å². The van der Waals surface area contributed by atoms with Gasteiger partial charge in [0.25, 0.3) is 0 Å². The molecule has 1 aliphatic rings. The Balaban J connectivity index is 0.000000386. The Labute approximate surface area is 101 Å². The molecule has 0 spiro atoms. The maximum Gasteiger partial charge on any atom is -0.0162 e. The van der Waals surface area contributed by atoms with Crippen LogP contribution >= 0.6 is 0 Å². The standard InChI is InChI=1S/C13H18.C3H8/c1-9-8-10(2)12-6-4-5-7-13(12)11(9)3;1-3-2/h4-7,9-11H,8H2,1-3H3;3H2,1-2H3. The topological polar surface area (TPSA) is 0 Å². The zero-order valence-corrected chi connectivity index (χ0v) is 11.5. The van der Waals surface area contributed by atoms with E-state index < -0.39 is 0 Å². The van der Waals surface area contributed by atoms with E-state index in [1.165, 1.54) is 12.8 Å². The van der Waals surface area contributed by atoms with E-state index in [1.54, 1.807) is 11.1 Å². The Morgan fingerprint density at radius 1 is 1.00 bits per heavy atom. The van der Waals surface area contributed by atoms with Gasteiger partial charge in [-0.1, -0.05) is 65.3 Å². The van der Waals surface area contributed by atoms with Crippen molar-refractivity contribution in [3.8, 4) is 0 Å². The molecule has 1 aliphatic carbocycles. The fourth-order valence-electron chi connectivity index (χ4n) is 2.57. The summed E-state index contributed by atoms with van der Waals surface area (Å²) in [4.78, 5) is 0. The molecule has 0 bridgehead atoms. The van der Waals surface area contributed by atoms with E-state index in [9.17, 15) is 0 Å². The second kappa shape index (κ2) is 6.08. The molecule has 0 N–H and O–H groups in total. The molecular weight excluding hydrogens is 192 g/mol.